The van der Waals surface area contributed by atoms with Gasteiger partial charge in [-0.2, -0.15) is 0 Å². The van der Waals surface area contributed by atoms with Gasteiger partial charge in [0.05, 0.1) is 12.2 Å². The Hall–Kier alpha value is -0.160. The standard InChI is InChI=1S/C8H16O2.C6H12O2/c9-5-7-1-2-8(6-10)4-3-7;7-5-1-2-6(8)4-3-5/h7-10H,1-6H2;5-8H,1-4H2. The minimum absolute atomic E-state index is 0.140. The summed E-state index contributed by atoms with van der Waals surface area (Å²) in [5, 5.41) is 35.4. The summed E-state index contributed by atoms with van der Waals surface area (Å²) in [6, 6.07) is 0. The normalized spacial score (nSPS) is 36.7. The third-order valence-corrected chi connectivity index (χ3v) is 4.15. The average Bonchev–Trinajstić information content (AvgIpc) is 2.43. The number of aliphatic hydroxyl groups is 4. The number of hydrogen-bond acceptors (Lipinski definition) is 4. The van der Waals surface area contributed by atoms with Gasteiger partial charge in [-0.15, -0.1) is 0 Å². The Balaban J connectivity index is 0.000000184. The van der Waals surface area contributed by atoms with Crippen molar-refractivity contribution in [3.8, 4) is 0 Å². The molecule has 4 nitrogen and oxygen atoms in total. The van der Waals surface area contributed by atoms with E-state index in [0.29, 0.717) is 25.0 Å². The number of aliphatic hydroxyl groups excluding tert-OH is 4. The van der Waals surface area contributed by atoms with Gasteiger partial charge in [-0.25, -0.2) is 0 Å². The fraction of sp³-hybridized carbons (Fsp3) is 1.00. The van der Waals surface area contributed by atoms with Crippen LogP contribution in [0.15, 0.2) is 0 Å². The predicted molar refractivity (Wildman–Crippen MR) is 70.1 cm³/mol. The highest BCUT2D eigenvalue weighted by Gasteiger charge is 2.19. The highest BCUT2D eigenvalue weighted by Crippen LogP contribution is 2.27. The van der Waals surface area contributed by atoms with Crippen LogP contribution in [0.4, 0.5) is 0 Å². The van der Waals surface area contributed by atoms with E-state index < -0.39 is 0 Å². The van der Waals surface area contributed by atoms with Crippen molar-refractivity contribution in [2.75, 3.05) is 13.2 Å². The van der Waals surface area contributed by atoms with Crippen molar-refractivity contribution in [3.05, 3.63) is 0 Å². The van der Waals surface area contributed by atoms with Crippen LogP contribution >= 0.6 is 0 Å². The first-order chi connectivity index (χ1) is 8.65. The van der Waals surface area contributed by atoms with E-state index in [1.54, 1.807) is 0 Å². The Morgan fingerprint density at radius 1 is 0.556 bits per heavy atom. The second-order valence-electron chi connectivity index (χ2n) is 5.71. The molecule has 0 aromatic rings. The molecule has 2 rings (SSSR count). The molecular formula is C14H28O4. The lowest BCUT2D eigenvalue weighted by Crippen LogP contribution is -2.21. The molecule has 2 saturated carbocycles. The van der Waals surface area contributed by atoms with Crippen molar-refractivity contribution in [1.82, 2.24) is 0 Å². The molecule has 0 amide bonds. The molecule has 2 aliphatic rings. The third kappa shape index (κ3) is 6.14. The van der Waals surface area contributed by atoms with E-state index in [1.807, 2.05) is 0 Å². The third-order valence-electron chi connectivity index (χ3n) is 4.15. The van der Waals surface area contributed by atoms with Crippen LogP contribution in [0.3, 0.4) is 0 Å². The van der Waals surface area contributed by atoms with Crippen LogP contribution in [0.25, 0.3) is 0 Å². The van der Waals surface area contributed by atoms with Crippen molar-refractivity contribution in [2.24, 2.45) is 11.8 Å². The first-order valence-corrected chi connectivity index (χ1v) is 7.23. The van der Waals surface area contributed by atoms with Crippen molar-refractivity contribution in [3.63, 3.8) is 0 Å². The minimum Gasteiger partial charge on any atom is -0.396 e. The summed E-state index contributed by atoms with van der Waals surface area (Å²) < 4.78 is 0. The van der Waals surface area contributed by atoms with E-state index >= 15 is 0 Å². The van der Waals surface area contributed by atoms with Crippen LogP contribution in [0.1, 0.15) is 51.4 Å². The molecule has 0 aromatic carbocycles. The summed E-state index contributed by atoms with van der Waals surface area (Å²) in [6.07, 6.45) is 7.23. The maximum atomic E-state index is 8.92. The molecule has 0 heterocycles. The van der Waals surface area contributed by atoms with Crippen LogP contribution in [0.5, 0.6) is 0 Å². The van der Waals surface area contributed by atoms with Crippen molar-refractivity contribution in [1.29, 1.82) is 0 Å². The maximum absolute atomic E-state index is 8.92. The molecule has 0 bridgehead atoms. The molecule has 4 heteroatoms. The first kappa shape index (κ1) is 15.9. The molecule has 0 unspecified atom stereocenters. The van der Waals surface area contributed by atoms with E-state index in [-0.39, 0.29) is 12.2 Å². The van der Waals surface area contributed by atoms with Gasteiger partial charge in [-0.1, -0.05) is 0 Å². The van der Waals surface area contributed by atoms with Crippen LogP contribution in [0, 0.1) is 11.8 Å². The van der Waals surface area contributed by atoms with Crippen molar-refractivity contribution >= 4 is 0 Å². The smallest absolute Gasteiger partial charge is 0.0542 e. The SMILES string of the molecule is OC1CCC(O)CC1.OCC1CCC(CO)CC1. The van der Waals surface area contributed by atoms with Gasteiger partial charge >= 0.3 is 0 Å². The monoisotopic (exact) mass is 260 g/mol. The van der Waals surface area contributed by atoms with Gasteiger partial charge < -0.3 is 20.4 Å². The Morgan fingerprint density at radius 2 is 0.833 bits per heavy atom. The number of rotatable bonds is 2. The topological polar surface area (TPSA) is 80.9 Å². The average molecular weight is 260 g/mol. The van der Waals surface area contributed by atoms with Gasteiger partial charge in [0.15, 0.2) is 0 Å². The second kappa shape index (κ2) is 8.86. The van der Waals surface area contributed by atoms with Crippen LogP contribution in [-0.2, 0) is 0 Å². The largest absolute Gasteiger partial charge is 0.396 e. The molecule has 2 aliphatic carbocycles. The van der Waals surface area contributed by atoms with E-state index in [9.17, 15) is 0 Å². The molecule has 2 fully saturated rings. The highest BCUT2D eigenvalue weighted by molar-refractivity contribution is 4.71. The summed E-state index contributed by atoms with van der Waals surface area (Å²) in [5.74, 6) is 1.03. The first-order valence-electron chi connectivity index (χ1n) is 7.23. The minimum atomic E-state index is -0.140. The van der Waals surface area contributed by atoms with Crippen LogP contribution < -0.4 is 0 Å². The number of hydrogen-bond donors (Lipinski definition) is 4. The van der Waals surface area contributed by atoms with Gasteiger partial charge in [-0.3, -0.25) is 0 Å². The Morgan fingerprint density at radius 3 is 1.06 bits per heavy atom. The zero-order valence-electron chi connectivity index (χ0n) is 11.2. The lowest BCUT2D eigenvalue weighted by Gasteiger charge is -2.25. The Labute approximate surface area is 110 Å². The summed E-state index contributed by atoms with van der Waals surface area (Å²) in [5.41, 5.74) is 0. The van der Waals surface area contributed by atoms with Crippen LogP contribution in [0.2, 0.25) is 0 Å². The van der Waals surface area contributed by atoms with Gasteiger partial charge in [-0.05, 0) is 63.2 Å². The van der Waals surface area contributed by atoms with Crippen LogP contribution in [-0.4, -0.2) is 45.8 Å². The maximum Gasteiger partial charge on any atom is 0.0542 e. The zero-order chi connectivity index (χ0) is 13.4. The van der Waals surface area contributed by atoms with E-state index in [1.165, 1.54) is 0 Å². The summed E-state index contributed by atoms with van der Waals surface area (Å²) in [7, 11) is 0. The molecule has 0 spiro atoms. The quantitative estimate of drug-likeness (QED) is 0.598. The Bertz CT molecular complexity index is 172. The van der Waals surface area contributed by atoms with E-state index in [4.69, 9.17) is 20.4 Å². The molecule has 0 aliphatic heterocycles. The zero-order valence-corrected chi connectivity index (χ0v) is 11.2. The molecule has 0 saturated heterocycles. The van der Waals surface area contributed by atoms with Gasteiger partial charge in [0.2, 0.25) is 0 Å². The summed E-state index contributed by atoms with van der Waals surface area (Å²) in [4.78, 5) is 0. The predicted octanol–water partition coefficient (Wildman–Crippen LogP) is 1.06. The second-order valence-corrected chi connectivity index (χ2v) is 5.71. The fourth-order valence-electron chi connectivity index (χ4n) is 2.65. The van der Waals surface area contributed by atoms with Gasteiger partial charge in [0.1, 0.15) is 0 Å². The van der Waals surface area contributed by atoms with Gasteiger partial charge in [0.25, 0.3) is 0 Å². The molecule has 108 valence electrons. The van der Waals surface area contributed by atoms with Crippen molar-refractivity contribution in [2.45, 2.75) is 63.6 Å². The lowest BCUT2D eigenvalue weighted by molar-refractivity contribution is 0.0541. The van der Waals surface area contributed by atoms with Crippen molar-refractivity contribution < 1.29 is 20.4 Å². The van der Waals surface area contributed by atoms with Gasteiger partial charge in [0, 0.05) is 13.2 Å². The fourth-order valence-corrected chi connectivity index (χ4v) is 2.65. The summed E-state index contributed by atoms with van der Waals surface area (Å²) in [6.45, 7) is 0.663. The molecule has 0 atom stereocenters. The summed E-state index contributed by atoms with van der Waals surface area (Å²) >= 11 is 0. The Kier molecular flexibility index (Phi) is 7.82. The molecule has 18 heavy (non-hydrogen) atoms. The lowest BCUT2D eigenvalue weighted by atomic mass is 9.83. The van der Waals surface area contributed by atoms with E-state index in [2.05, 4.69) is 0 Å². The molecule has 4 N–H and O–H groups in total. The molecular weight excluding hydrogens is 232 g/mol. The molecule has 0 radical (unpaired) electrons. The highest BCUT2D eigenvalue weighted by atomic mass is 16.3. The molecule has 0 aromatic heterocycles. The van der Waals surface area contributed by atoms with E-state index in [0.717, 1.165) is 51.4 Å².